The van der Waals surface area contributed by atoms with Gasteiger partial charge in [-0.3, -0.25) is 9.59 Å². The first-order valence-corrected chi connectivity index (χ1v) is 8.58. The molecule has 0 aliphatic heterocycles. The van der Waals surface area contributed by atoms with E-state index in [1.54, 1.807) is 6.92 Å². The minimum Gasteiger partial charge on any atom is -0.465 e. The van der Waals surface area contributed by atoms with Crippen LogP contribution in [-0.2, 0) is 20.7 Å². The first-order valence-electron chi connectivity index (χ1n) is 7.76. The second kappa shape index (κ2) is 6.77. The van der Waals surface area contributed by atoms with Crippen LogP contribution in [0.1, 0.15) is 63.4 Å². The van der Waals surface area contributed by atoms with E-state index in [0.717, 1.165) is 29.8 Å². The largest absolute Gasteiger partial charge is 0.465 e. The van der Waals surface area contributed by atoms with Gasteiger partial charge in [-0.25, -0.2) is 4.98 Å². The smallest absolute Gasteiger partial charge is 0.315 e. The van der Waals surface area contributed by atoms with Crippen molar-refractivity contribution in [1.82, 2.24) is 4.98 Å². The lowest BCUT2D eigenvalue weighted by molar-refractivity contribution is -0.145. The third kappa shape index (κ3) is 4.29. The molecule has 22 heavy (non-hydrogen) atoms. The molecule has 1 atom stereocenters. The summed E-state index contributed by atoms with van der Waals surface area (Å²) >= 11 is 1.48. The van der Waals surface area contributed by atoms with Gasteiger partial charge in [-0.05, 0) is 31.6 Å². The van der Waals surface area contributed by atoms with Crippen molar-refractivity contribution in [2.45, 2.75) is 59.3 Å². The number of rotatable bonds is 4. The number of amides is 1. The van der Waals surface area contributed by atoms with Gasteiger partial charge in [-0.1, -0.05) is 20.8 Å². The molecule has 1 amide bonds. The fourth-order valence-electron chi connectivity index (χ4n) is 2.59. The van der Waals surface area contributed by atoms with Crippen LogP contribution >= 0.6 is 11.3 Å². The van der Waals surface area contributed by atoms with Crippen LogP contribution in [-0.4, -0.2) is 23.5 Å². The molecular formula is C16H24N2O3S. The summed E-state index contributed by atoms with van der Waals surface area (Å²) in [6, 6.07) is 0. The van der Waals surface area contributed by atoms with Crippen molar-refractivity contribution in [3.05, 3.63) is 10.6 Å². The Morgan fingerprint density at radius 3 is 2.77 bits per heavy atom. The lowest BCUT2D eigenvalue weighted by atomic mass is 9.91. The Hall–Kier alpha value is -1.43. The molecule has 0 aromatic carbocycles. The quantitative estimate of drug-likeness (QED) is 0.861. The van der Waals surface area contributed by atoms with Crippen LogP contribution < -0.4 is 5.32 Å². The number of ether oxygens (including phenoxy) is 1. The maximum atomic E-state index is 12.0. The van der Waals surface area contributed by atoms with Crippen LogP contribution in [0.4, 0.5) is 5.13 Å². The van der Waals surface area contributed by atoms with Crippen molar-refractivity contribution in [3.63, 3.8) is 0 Å². The number of anilines is 1. The van der Waals surface area contributed by atoms with Crippen LogP contribution in [0.2, 0.25) is 0 Å². The number of nitrogens with zero attached hydrogens (tertiary/aromatic N) is 1. The summed E-state index contributed by atoms with van der Waals surface area (Å²) in [6.45, 7) is 8.26. The van der Waals surface area contributed by atoms with Crippen LogP contribution in [0.3, 0.4) is 0 Å². The number of fused-ring (bicyclic) bond motifs is 1. The third-order valence-electron chi connectivity index (χ3n) is 3.46. The topological polar surface area (TPSA) is 68.3 Å². The van der Waals surface area contributed by atoms with E-state index >= 15 is 0 Å². The number of esters is 1. The summed E-state index contributed by atoms with van der Waals surface area (Å²) in [5.41, 5.74) is 0.731. The van der Waals surface area contributed by atoms with Gasteiger partial charge in [0, 0.05) is 11.3 Å². The van der Waals surface area contributed by atoms with E-state index in [1.807, 2.05) is 20.8 Å². The maximum absolute atomic E-state index is 12.0. The molecule has 1 aromatic rings. The molecule has 0 saturated carbocycles. The molecule has 1 aromatic heterocycles. The average molecular weight is 324 g/mol. The summed E-state index contributed by atoms with van der Waals surface area (Å²) in [7, 11) is 0. The molecule has 1 aliphatic rings. The van der Waals surface area contributed by atoms with Crippen LogP contribution in [0.5, 0.6) is 0 Å². The molecule has 0 saturated heterocycles. The zero-order valence-corrected chi connectivity index (χ0v) is 14.5. The lowest BCUT2D eigenvalue weighted by Gasteiger charge is -2.19. The molecule has 1 N–H and O–H groups in total. The summed E-state index contributed by atoms with van der Waals surface area (Å²) in [6.07, 6.45) is 3.08. The summed E-state index contributed by atoms with van der Waals surface area (Å²) in [5, 5.41) is 3.46. The van der Waals surface area contributed by atoms with Crippen molar-refractivity contribution < 1.29 is 14.3 Å². The SMILES string of the molecule is CCOC(=O)C1CCCc2sc(NC(=O)CC(C)(C)C)nc21. The molecule has 1 aliphatic carbocycles. The Labute approximate surface area is 135 Å². The molecule has 0 radical (unpaired) electrons. The monoisotopic (exact) mass is 324 g/mol. The number of nitrogens with one attached hydrogen (secondary N) is 1. The molecule has 1 heterocycles. The third-order valence-corrected chi connectivity index (χ3v) is 4.51. The van der Waals surface area contributed by atoms with E-state index in [2.05, 4.69) is 10.3 Å². The Morgan fingerprint density at radius 2 is 2.14 bits per heavy atom. The minimum atomic E-state index is -0.284. The Morgan fingerprint density at radius 1 is 1.41 bits per heavy atom. The first kappa shape index (κ1) is 16.9. The molecule has 6 heteroatoms. The second-order valence-electron chi connectivity index (χ2n) is 6.81. The van der Waals surface area contributed by atoms with E-state index in [0.29, 0.717) is 18.2 Å². The van der Waals surface area contributed by atoms with Gasteiger partial charge in [0.25, 0.3) is 0 Å². The minimum absolute atomic E-state index is 0.0359. The van der Waals surface area contributed by atoms with E-state index in [9.17, 15) is 9.59 Å². The van der Waals surface area contributed by atoms with Crippen molar-refractivity contribution in [2.75, 3.05) is 11.9 Å². The number of aromatic nitrogens is 1. The van der Waals surface area contributed by atoms with Crippen LogP contribution in [0, 0.1) is 5.41 Å². The number of carbonyl (C=O) groups excluding carboxylic acids is 2. The van der Waals surface area contributed by atoms with Gasteiger partial charge in [0.1, 0.15) is 5.92 Å². The van der Waals surface area contributed by atoms with E-state index < -0.39 is 0 Å². The first-order chi connectivity index (χ1) is 10.3. The maximum Gasteiger partial charge on any atom is 0.315 e. The lowest BCUT2D eigenvalue weighted by Crippen LogP contribution is -2.21. The number of carbonyl (C=O) groups is 2. The molecule has 2 rings (SSSR count). The summed E-state index contributed by atoms with van der Waals surface area (Å²) in [4.78, 5) is 29.6. The summed E-state index contributed by atoms with van der Waals surface area (Å²) in [5.74, 6) is -0.527. The van der Waals surface area contributed by atoms with Crippen molar-refractivity contribution >= 4 is 28.3 Å². The average Bonchev–Trinajstić information content (AvgIpc) is 2.78. The van der Waals surface area contributed by atoms with Gasteiger partial charge < -0.3 is 10.1 Å². The molecule has 122 valence electrons. The number of hydrogen-bond acceptors (Lipinski definition) is 5. The highest BCUT2D eigenvalue weighted by molar-refractivity contribution is 7.15. The standard InChI is InChI=1S/C16H24N2O3S/c1-5-21-14(20)10-7-6-8-11-13(10)18-15(22-11)17-12(19)9-16(2,3)4/h10H,5-9H2,1-4H3,(H,17,18,19). The number of thiazole rings is 1. The Bertz CT molecular complexity index is 560. The Kier molecular flexibility index (Phi) is 5.21. The molecule has 0 spiro atoms. The highest BCUT2D eigenvalue weighted by Crippen LogP contribution is 2.37. The molecule has 0 bridgehead atoms. The molecule has 0 fully saturated rings. The molecular weight excluding hydrogens is 300 g/mol. The van der Waals surface area contributed by atoms with Crippen molar-refractivity contribution in [3.8, 4) is 0 Å². The normalized spacial score (nSPS) is 17.7. The fourth-order valence-corrected chi connectivity index (χ4v) is 3.67. The zero-order valence-electron chi connectivity index (χ0n) is 13.7. The molecule has 1 unspecified atom stereocenters. The van der Waals surface area contributed by atoms with Gasteiger partial charge in [-0.2, -0.15) is 0 Å². The van der Waals surface area contributed by atoms with Gasteiger partial charge >= 0.3 is 5.97 Å². The van der Waals surface area contributed by atoms with Crippen LogP contribution in [0.25, 0.3) is 0 Å². The van der Waals surface area contributed by atoms with Gasteiger partial charge in [0.05, 0.1) is 12.3 Å². The zero-order chi connectivity index (χ0) is 16.3. The van der Waals surface area contributed by atoms with Crippen molar-refractivity contribution in [2.24, 2.45) is 5.41 Å². The molecule has 5 nitrogen and oxygen atoms in total. The Balaban J connectivity index is 2.11. The second-order valence-corrected chi connectivity index (χ2v) is 7.89. The van der Waals surface area contributed by atoms with Gasteiger partial charge in [-0.15, -0.1) is 11.3 Å². The number of aryl methyl sites for hydroxylation is 1. The highest BCUT2D eigenvalue weighted by Gasteiger charge is 2.31. The van der Waals surface area contributed by atoms with E-state index in [1.165, 1.54) is 11.3 Å². The van der Waals surface area contributed by atoms with Gasteiger partial charge in [0.15, 0.2) is 5.13 Å². The van der Waals surface area contributed by atoms with E-state index in [4.69, 9.17) is 4.74 Å². The predicted octanol–water partition coefficient (Wildman–Crippen LogP) is 3.50. The predicted molar refractivity (Wildman–Crippen MR) is 87.1 cm³/mol. The highest BCUT2D eigenvalue weighted by atomic mass is 32.1. The van der Waals surface area contributed by atoms with Crippen molar-refractivity contribution in [1.29, 1.82) is 0 Å². The van der Waals surface area contributed by atoms with E-state index in [-0.39, 0.29) is 23.2 Å². The number of hydrogen-bond donors (Lipinski definition) is 1. The summed E-state index contributed by atoms with van der Waals surface area (Å²) < 4.78 is 5.13. The van der Waals surface area contributed by atoms with Gasteiger partial charge in [0.2, 0.25) is 5.91 Å². The fraction of sp³-hybridized carbons (Fsp3) is 0.688. The van der Waals surface area contributed by atoms with Crippen LogP contribution in [0.15, 0.2) is 0 Å².